The van der Waals surface area contributed by atoms with Gasteiger partial charge >= 0.3 is 0 Å². The van der Waals surface area contributed by atoms with Crippen molar-refractivity contribution < 1.29 is 0 Å². The molecule has 0 amide bonds. The second kappa shape index (κ2) is 6.58. The van der Waals surface area contributed by atoms with Crippen molar-refractivity contribution in [2.45, 2.75) is 38.6 Å². The van der Waals surface area contributed by atoms with Gasteiger partial charge in [0.25, 0.3) is 0 Å². The minimum absolute atomic E-state index is 0.566. The van der Waals surface area contributed by atoms with Crippen LogP contribution in [0.3, 0.4) is 0 Å². The third-order valence-electron chi connectivity index (χ3n) is 3.94. The second-order valence-corrected chi connectivity index (χ2v) is 5.37. The fraction of sp³-hybridized carbons (Fsp3) is 0.562. The van der Waals surface area contributed by atoms with Crippen molar-refractivity contribution in [1.29, 1.82) is 5.26 Å². The molecule has 3 heteroatoms. The Labute approximate surface area is 116 Å². The van der Waals surface area contributed by atoms with Crippen molar-refractivity contribution in [2.75, 3.05) is 25.0 Å². The van der Waals surface area contributed by atoms with Crippen LogP contribution in [0.15, 0.2) is 18.2 Å². The van der Waals surface area contributed by atoms with E-state index in [4.69, 9.17) is 0 Å². The Morgan fingerprint density at radius 2 is 2.26 bits per heavy atom. The van der Waals surface area contributed by atoms with Crippen molar-refractivity contribution in [3.05, 3.63) is 29.3 Å². The molecule has 19 heavy (non-hydrogen) atoms. The summed E-state index contributed by atoms with van der Waals surface area (Å²) in [5.74, 6) is 0. The lowest BCUT2D eigenvalue weighted by molar-refractivity contribution is 0.433. The van der Waals surface area contributed by atoms with Crippen LogP contribution in [0.25, 0.3) is 0 Å². The number of nitrogens with one attached hydrogen (secondary N) is 1. The molecule has 2 rings (SSSR count). The van der Waals surface area contributed by atoms with Gasteiger partial charge in [-0.3, -0.25) is 0 Å². The molecule has 0 bridgehead atoms. The number of nitriles is 1. The summed E-state index contributed by atoms with van der Waals surface area (Å²) in [4.78, 5) is 2.44. The summed E-state index contributed by atoms with van der Waals surface area (Å²) >= 11 is 0. The van der Waals surface area contributed by atoms with Crippen LogP contribution in [0, 0.1) is 18.3 Å². The number of hydrogen-bond donors (Lipinski definition) is 1. The molecule has 1 aliphatic rings. The molecule has 1 aromatic carbocycles. The Bertz CT molecular complexity index is 462. The third kappa shape index (κ3) is 3.27. The predicted octanol–water partition coefficient (Wildman–Crippen LogP) is 2.84. The zero-order chi connectivity index (χ0) is 13.7. The van der Waals surface area contributed by atoms with Gasteiger partial charge in [-0.25, -0.2) is 0 Å². The molecule has 1 unspecified atom stereocenters. The van der Waals surface area contributed by atoms with Crippen LogP contribution >= 0.6 is 0 Å². The van der Waals surface area contributed by atoms with E-state index in [1.165, 1.54) is 19.3 Å². The van der Waals surface area contributed by atoms with Crippen LogP contribution in [0.4, 0.5) is 5.69 Å². The van der Waals surface area contributed by atoms with Gasteiger partial charge in [0.15, 0.2) is 0 Å². The zero-order valence-corrected chi connectivity index (χ0v) is 11.9. The molecule has 0 radical (unpaired) electrons. The number of rotatable bonds is 4. The molecule has 1 N–H and O–H groups in total. The molecule has 0 saturated carbocycles. The normalized spacial score (nSPS) is 19.2. The molecular weight excluding hydrogens is 234 g/mol. The molecule has 1 heterocycles. The van der Waals surface area contributed by atoms with Gasteiger partial charge in [0.1, 0.15) is 6.07 Å². The predicted molar refractivity (Wildman–Crippen MR) is 79.4 cm³/mol. The molecule has 1 aromatic rings. The number of nitrogens with zero attached hydrogens (tertiary/aromatic N) is 2. The average Bonchev–Trinajstić information content (AvgIpc) is 2.45. The van der Waals surface area contributed by atoms with Crippen molar-refractivity contribution in [3.63, 3.8) is 0 Å². The van der Waals surface area contributed by atoms with E-state index in [1.807, 2.05) is 20.0 Å². The Kier molecular flexibility index (Phi) is 4.81. The maximum Gasteiger partial charge on any atom is 0.101 e. The van der Waals surface area contributed by atoms with Gasteiger partial charge in [-0.05, 0) is 63.9 Å². The first-order valence-corrected chi connectivity index (χ1v) is 7.18. The van der Waals surface area contributed by atoms with E-state index in [2.05, 4.69) is 28.4 Å². The van der Waals surface area contributed by atoms with Gasteiger partial charge in [-0.2, -0.15) is 5.26 Å². The van der Waals surface area contributed by atoms with Crippen LogP contribution in [0.1, 0.15) is 36.8 Å². The summed E-state index contributed by atoms with van der Waals surface area (Å²) in [6.07, 6.45) is 4.92. The van der Waals surface area contributed by atoms with Crippen LogP contribution in [0.5, 0.6) is 0 Å². The summed E-state index contributed by atoms with van der Waals surface area (Å²) in [7, 11) is 2.00. The van der Waals surface area contributed by atoms with Gasteiger partial charge in [-0.1, -0.05) is 6.07 Å². The highest BCUT2D eigenvalue weighted by molar-refractivity contribution is 5.61. The number of benzene rings is 1. The first kappa shape index (κ1) is 13.9. The minimum atomic E-state index is 0.566. The highest BCUT2D eigenvalue weighted by Gasteiger charge is 2.23. The first-order chi connectivity index (χ1) is 9.26. The average molecular weight is 257 g/mol. The largest absolute Gasteiger partial charge is 0.367 e. The Balaban J connectivity index is 2.24. The fourth-order valence-electron chi connectivity index (χ4n) is 2.92. The van der Waals surface area contributed by atoms with E-state index >= 15 is 0 Å². The quantitative estimate of drug-likeness (QED) is 0.901. The molecular formula is C16H23N3. The monoisotopic (exact) mass is 257 g/mol. The highest BCUT2D eigenvalue weighted by atomic mass is 15.2. The van der Waals surface area contributed by atoms with E-state index < -0.39 is 0 Å². The maximum atomic E-state index is 9.35. The maximum absolute atomic E-state index is 9.35. The fourth-order valence-corrected chi connectivity index (χ4v) is 2.92. The van der Waals surface area contributed by atoms with E-state index in [9.17, 15) is 5.26 Å². The summed E-state index contributed by atoms with van der Waals surface area (Å²) in [5, 5.41) is 12.6. The van der Waals surface area contributed by atoms with Crippen molar-refractivity contribution in [3.8, 4) is 6.07 Å². The summed E-state index contributed by atoms with van der Waals surface area (Å²) < 4.78 is 0. The lowest BCUT2D eigenvalue weighted by Gasteiger charge is -2.38. The molecule has 1 aliphatic heterocycles. The van der Waals surface area contributed by atoms with Crippen LogP contribution < -0.4 is 10.2 Å². The SMILES string of the molecule is CNCCC1CCCCN1c1ccc(C)cc1C#N. The van der Waals surface area contributed by atoms with Gasteiger partial charge in [-0.15, -0.1) is 0 Å². The smallest absolute Gasteiger partial charge is 0.101 e. The van der Waals surface area contributed by atoms with Crippen LogP contribution in [-0.4, -0.2) is 26.2 Å². The van der Waals surface area contributed by atoms with Crippen LogP contribution in [0.2, 0.25) is 0 Å². The Morgan fingerprint density at radius 1 is 1.42 bits per heavy atom. The lowest BCUT2D eigenvalue weighted by atomic mass is 9.97. The molecule has 3 nitrogen and oxygen atoms in total. The van der Waals surface area contributed by atoms with Crippen LogP contribution in [-0.2, 0) is 0 Å². The summed E-state index contributed by atoms with van der Waals surface area (Å²) in [6, 6.07) is 9.15. The minimum Gasteiger partial charge on any atom is -0.367 e. The van der Waals surface area contributed by atoms with E-state index in [0.717, 1.165) is 36.3 Å². The van der Waals surface area contributed by atoms with Gasteiger partial charge in [0.2, 0.25) is 0 Å². The van der Waals surface area contributed by atoms with E-state index in [-0.39, 0.29) is 0 Å². The van der Waals surface area contributed by atoms with Gasteiger partial charge in [0, 0.05) is 12.6 Å². The standard InChI is InChI=1S/C16H23N3/c1-13-6-7-16(14(11-13)12-17)19-10-4-3-5-15(19)8-9-18-2/h6-7,11,15,18H,3-5,8-10H2,1-2H3. The van der Waals surface area contributed by atoms with Crippen molar-refractivity contribution >= 4 is 5.69 Å². The number of piperidine rings is 1. The molecule has 0 aromatic heterocycles. The van der Waals surface area contributed by atoms with E-state index in [0.29, 0.717) is 6.04 Å². The lowest BCUT2D eigenvalue weighted by Crippen LogP contribution is -2.41. The molecule has 0 aliphatic carbocycles. The second-order valence-electron chi connectivity index (χ2n) is 5.37. The zero-order valence-electron chi connectivity index (χ0n) is 11.9. The van der Waals surface area contributed by atoms with Crippen molar-refractivity contribution in [1.82, 2.24) is 5.32 Å². The van der Waals surface area contributed by atoms with Gasteiger partial charge < -0.3 is 10.2 Å². The number of anilines is 1. The van der Waals surface area contributed by atoms with Gasteiger partial charge in [0.05, 0.1) is 11.3 Å². The highest BCUT2D eigenvalue weighted by Crippen LogP contribution is 2.29. The topological polar surface area (TPSA) is 39.1 Å². The molecule has 102 valence electrons. The Morgan fingerprint density at radius 3 is 3.00 bits per heavy atom. The number of aryl methyl sites for hydroxylation is 1. The molecule has 1 fully saturated rings. The van der Waals surface area contributed by atoms with Crippen molar-refractivity contribution in [2.24, 2.45) is 0 Å². The summed E-state index contributed by atoms with van der Waals surface area (Å²) in [5.41, 5.74) is 3.09. The third-order valence-corrected chi connectivity index (χ3v) is 3.94. The Hall–Kier alpha value is -1.53. The molecule has 1 saturated heterocycles. The first-order valence-electron chi connectivity index (χ1n) is 7.18. The number of hydrogen-bond acceptors (Lipinski definition) is 3. The van der Waals surface area contributed by atoms with E-state index in [1.54, 1.807) is 0 Å². The summed E-state index contributed by atoms with van der Waals surface area (Å²) in [6.45, 7) is 4.15. The molecule has 1 atom stereocenters. The molecule has 0 spiro atoms.